The van der Waals surface area contributed by atoms with Gasteiger partial charge in [-0.05, 0) is 6.92 Å². The van der Waals surface area contributed by atoms with Crippen molar-refractivity contribution in [3.8, 4) is 0 Å². The molecule has 1 aromatic heterocycles. The molecule has 0 saturated carbocycles. The number of hydrogen-bond donors (Lipinski definition) is 2. The molecule has 0 atom stereocenters. The Labute approximate surface area is 65.9 Å². The van der Waals surface area contributed by atoms with E-state index in [4.69, 9.17) is 5.73 Å². The first-order valence-corrected chi connectivity index (χ1v) is 3.55. The summed E-state index contributed by atoms with van der Waals surface area (Å²) in [5, 5.41) is 3.04. The van der Waals surface area contributed by atoms with Gasteiger partial charge in [-0.2, -0.15) is 0 Å². The zero-order valence-corrected chi connectivity index (χ0v) is 6.54. The van der Waals surface area contributed by atoms with E-state index >= 15 is 0 Å². The number of anilines is 1. The maximum Gasteiger partial charge on any atom is 0.144 e. The fourth-order valence-electron chi connectivity index (χ4n) is 0.749. The van der Waals surface area contributed by atoms with Crippen LogP contribution in [0.2, 0.25) is 0 Å². The number of aromatic nitrogens is 2. The van der Waals surface area contributed by atoms with Crippen LogP contribution in [0.15, 0.2) is 12.4 Å². The molecule has 4 nitrogen and oxygen atoms in total. The minimum absolute atomic E-state index is 0.607. The van der Waals surface area contributed by atoms with Crippen molar-refractivity contribution in [2.24, 2.45) is 5.73 Å². The van der Waals surface area contributed by atoms with Crippen LogP contribution in [0.3, 0.4) is 0 Å². The van der Waals surface area contributed by atoms with Gasteiger partial charge in [-0.1, -0.05) is 0 Å². The van der Waals surface area contributed by atoms with Gasteiger partial charge in [0.05, 0.1) is 11.9 Å². The second-order valence-electron chi connectivity index (χ2n) is 2.26. The summed E-state index contributed by atoms with van der Waals surface area (Å²) in [6.07, 6.45) is 3.40. The van der Waals surface area contributed by atoms with E-state index in [9.17, 15) is 0 Å². The summed E-state index contributed by atoms with van der Waals surface area (Å²) in [5.74, 6) is 0.787. The van der Waals surface area contributed by atoms with Crippen LogP contribution in [0.4, 0.5) is 5.82 Å². The molecule has 1 rings (SSSR count). The van der Waals surface area contributed by atoms with Gasteiger partial charge < -0.3 is 11.1 Å². The van der Waals surface area contributed by atoms with Crippen LogP contribution in [-0.4, -0.2) is 23.1 Å². The Hall–Kier alpha value is -1.16. The van der Waals surface area contributed by atoms with E-state index in [1.165, 1.54) is 0 Å². The smallest absolute Gasteiger partial charge is 0.144 e. The van der Waals surface area contributed by atoms with Gasteiger partial charge in [-0.15, -0.1) is 0 Å². The van der Waals surface area contributed by atoms with Gasteiger partial charge in [0.15, 0.2) is 0 Å². The van der Waals surface area contributed by atoms with E-state index in [0.29, 0.717) is 6.54 Å². The lowest BCUT2D eigenvalue weighted by Gasteiger charge is -2.02. The number of nitrogens with one attached hydrogen (secondary N) is 1. The highest BCUT2D eigenvalue weighted by Crippen LogP contribution is 1.98. The lowest BCUT2D eigenvalue weighted by molar-refractivity contribution is 0.995. The molecule has 1 heterocycles. The molecule has 0 saturated heterocycles. The Balaban J connectivity index is 2.56. The van der Waals surface area contributed by atoms with Crippen molar-refractivity contribution in [3.63, 3.8) is 0 Å². The first-order chi connectivity index (χ1) is 5.33. The fraction of sp³-hybridized carbons (Fsp3) is 0.429. The largest absolute Gasteiger partial charge is 0.368 e. The first-order valence-electron chi connectivity index (χ1n) is 3.55. The van der Waals surface area contributed by atoms with Gasteiger partial charge >= 0.3 is 0 Å². The highest BCUT2D eigenvalue weighted by atomic mass is 15.0. The van der Waals surface area contributed by atoms with E-state index < -0.39 is 0 Å². The zero-order valence-electron chi connectivity index (χ0n) is 6.54. The van der Waals surface area contributed by atoms with E-state index in [-0.39, 0.29) is 0 Å². The molecular weight excluding hydrogens is 140 g/mol. The topological polar surface area (TPSA) is 63.8 Å². The van der Waals surface area contributed by atoms with E-state index in [1.54, 1.807) is 12.4 Å². The van der Waals surface area contributed by atoms with Crippen molar-refractivity contribution in [1.29, 1.82) is 0 Å². The van der Waals surface area contributed by atoms with Gasteiger partial charge in [0.1, 0.15) is 5.82 Å². The third-order valence-electron chi connectivity index (χ3n) is 1.21. The summed E-state index contributed by atoms with van der Waals surface area (Å²) in [7, 11) is 0. The third-order valence-corrected chi connectivity index (χ3v) is 1.21. The predicted octanol–water partition coefficient (Wildman–Crippen LogP) is 0.156. The van der Waals surface area contributed by atoms with Crippen molar-refractivity contribution < 1.29 is 0 Å². The molecule has 0 bridgehead atoms. The Morgan fingerprint density at radius 3 is 3.00 bits per heavy atom. The lowest BCUT2D eigenvalue weighted by Crippen LogP contribution is -2.14. The normalized spacial score (nSPS) is 9.64. The van der Waals surface area contributed by atoms with Crippen molar-refractivity contribution in [2.45, 2.75) is 6.92 Å². The molecule has 0 fully saturated rings. The number of aryl methyl sites for hydroxylation is 1. The Bertz CT molecular complexity index is 223. The molecular formula is C7H12N4. The molecule has 60 valence electrons. The van der Waals surface area contributed by atoms with E-state index in [1.807, 2.05) is 6.92 Å². The summed E-state index contributed by atoms with van der Waals surface area (Å²) in [6, 6.07) is 0. The van der Waals surface area contributed by atoms with E-state index in [0.717, 1.165) is 18.1 Å². The summed E-state index contributed by atoms with van der Waals surface area (Å²) in [6.45, 7) is 3.24. The molecule has 0 spiro atoms. The Morgan fingerprint density at radius 1 is 1.55 bits per heavy atom. The molecule has 4 heteroatoms. The number of rotatable bonds is 3. The molecule has 0 amide bonds. The zero-order chi connectivity index (χ0) is 8.10. The van der Waals surface area contributed by atoms with Crippen molar-refractivity contribution in [3.05, 3.63) is 18.1 Å². The number of nitrogens with zero attached hydrogens (tertiary/aromatic N) is 2. The molecule has 0 radical (unpaired) electrons. The molecule has 1 aromatic rings. The summed E-state index contributed by atoms with van der Waals surface area (Å²) < 4.78 is 0. The molecule has 3 N–H and O–H groups in total. The lowest BCUT2D eigenvalue weighted by atomic mass is 10.5. The molecule has 0 aliphatic rings. The van der Waals surface area contributed by atoms with Crippen LogP contribution in [0.5, 0.6) is 0 Å². The molecule has 0 unspecified atom stereocenters. The van der Waals surface area contributed by atoms with Crippen molar-refractivity contribution in [1.82, 2.24) is 9.97 Å². The monoisotopic (exact) mass is 152 g/mol. The second-order valence-corrected chi connectivity index (χ2v) is 2.26. The van der Waals surface area contributed by atoms with Crippen LogP contribution >= 0.6 is 0 Å². The molecule has 0 aromatic carbocycles. The molecule has 0 aliphatic heterocycles. The Morgan fingerprint density at radius 2 is 2.36 bits per heavy atom. The van der Waals surface area contributed by atoms with Gasteiger partial charge in [0.25, 0.3) is 0 Å². The standard InChI is InChI=1S/C7H12N4/c1-6-4-9-5-7(11-6)10-3-2-8/h4-5H,2-3,8H2,1H3,(H,10,11). The highest BCUT2D eigenvalue weighted by Gasteiger charge is 1.91. The van der Waals surface area contributed by atoms with Crippen LogP contribution in [0.1, 0.15) is 5.69 Å². The van der Waals surface area contributed by atoms with Crippen LogP contribution in [-0.2, 0) is 0 Å². The van der Waals surface area contributed by atoms with E-state index in [2.05, 4.69) is 15.3 Å². The average Bonchev–Trinajstić information content (AvgIpc) is 2.01. The van der Waals surface area contributed by atoms with Crippen LogP contribution in [0, 0.1) is 6.92 Å². The fourth-order valence-corrected chi connectivity index (χ4v) is 0.749. The Kier molecular flexibility index (Phi) is 2.80. The third kappa shape index (κ3) is 2.51. The molecule has 0 aliphatic carbocycles. The molecule has 11 heavy (non-hydrogen) atoms. The maximum absolute atomic E-state index is 5.30. The minimum atomic E-state index is 0.607. The quantitative estimate of drug-likeness (QED) is 0.647. The summed E-state index contributed by atoms with van der Waals surface area (Å²) in [5.41, 5.74) is 6.21. The van der Waals surface area contributed by atoms with Crippen molar-refractivity contribution >= 4 is 5.82 Å². The van der Waals surface area contributed by atoms with Gasteiger partial charge in [0.2, 0.25) is 0 Å². The summed E-state index contributed by atoms with van der Waals surface area (Å²) in [4.78, 5) is 8.15. The predicted molar refractivity (Wildman–Crippen MR) is 44.3 cm³/mol. The number of hydrogen-bond acceptors (Lipinski definition) is 4. The SMILES string of the molecule is Cc1cncc(NCCN)n1. The van der Waals surface area contributed by atoms with Gasteiger partial charge in [0, 0.05) is 19.3 Å². The second kappa shape index (κ2) is 3.88. The number of nitrogens with two attached hydrogens (primary N) is 1. The summed E-state index contributed by atoms with van der Waals surface area (Å²) >= 11 is 0. The van der Waals surface area contributed by atoms with Gasteiger partial charge in [-0.25, -0.2) is 4.98 Å². The maximum atomic E-state index is 5.30. The van der Waals surface area contributed by atoms with Crippen LogP contribution < -0.4 is 11.1 Å². The average molecular weight is 152 g/mol. The van der Waals surface area contributed by atoms with Crippen molar-refractivity contribution in [2.75, 3.05) is 18.4 Å². The minimum Gasteiger partial charge on any atom is -0.368 e. The first kappa shape index (κ1) is 7.94. The van der Waals surface area contributed by atoms with Crippen LogP contribution in [0.25, 0.3) is 0 Å². The van der Waals surface area contributed by atoms with Gasteiger partial charge in [-0.3, -0.25) is 4.98 Å². The highest BCUT2D eigenvalue weighted by molar-refractivity contribution is 5.31.